The maximum atomic E-state index is 11.4. The highest BCUT2D eigenvalue weighted by Gasteiger charge is 2.16. The van der Waals surface area contributed by atoms with E-state index < -0.39 is 5.97 Å². The van der Waals surface area contributed by atoms with Crippen LogP contribution < -0.4 is 5.32 Å². The van der Waals surface area contributed by atoms with Crippen LogP contribution in [0.4, 0.5) is 0 Å². The first-order chi connectivity index (χ1) is 12.0. The molecule has 128 valence electrons. The van der Waals surface area contributed by atoms with E-state index in [9.17, 15) is 9.90 Å². The molecule has 2 N–H and O–H groups in total. The molecule has 25 heavy (non-hydrogen) atoms. The molecule has 1 heterocycles. The van der Waals surface area contributed by atoms with Gasteiger partial charge in [0.1, 0.15) is 0 Å². The number of nitrogens with one attached hydrogen (secondary N) is 1. The number of carboxylic acids is 1. The molecule has 0 saturated heterocycles. The van der Waals surface area contributed by atoms with Gasteiger partial charge in [-0.3, -0.25) is 9.78 Å². The normalized spacial score (nSPS) is 11.0. The van der Waals surface area contributed by atoms with Crippen LogP contribution in [0.1, 0.15) is 16.8 Å². The number of aromatic nitrogens is 1. The van der Waals surface area contributed by atoms with E-state index in [1.54, 1.807) is 0 Å². The Morgan fingerprint density at radius 1 is 1.20 bits per heavy atom. The monoisotopic (exact) mass is 354 g/mol. The van der Waals surface area contributed by atoms with Gasteiger partial charge in [0.25, 0.3) is 0 Å². The van der Waals surface area contributed by atoms with Crippen molar-refractivity contribution < 1.29 is 9.90 Å². The van der Waals surface area contributed by atoms with Crippen molar-refractivity contribution in [2.75, 3.05) is 7.05 Å². The summed E-state index contributed by atoms with van der Waals surface area (Å²) in [7, 11) is 1.88. The molecule has 1 aromatic heterocycles. The molecule has 0 bridgehead atoms. The fourth-order valence-corrected chi connectivity index (χ4v) is 3.22. The van der Waals surface area contributed by atoms with Gasteiger partial charge in [-0.2, -0.15) is 0 Å². The standard InChI is InChI=1S/C20H19ClN2O2/c1-12-9-18-16(8-7-15(23-18)11-22-2)20(17(12)10-19(24)25)13-3-5-14(21)6-4-13/h3-9,22H,10-11H2,1-2H3,(H,24,25). The first kappa shape index (κ1) is 17.4. The number of carboxylic acid groups (broad SMARTS) is 1. The number of pyridine rings is 1. The van der Waals surface area contributed by atoms with E-state index in [2.05, 4.69) is 5.32 Å². The fourth-order valence-electron chi connectivity index (χ4n) is 3.10. The summed E-state index contributed by atoms with van der Waals surface area (Å²) in [5.41, 5.74) is 5.40. The van der Waals surface area contributed by atoms with E-state index in [-0.39, 0.29) is 6.42 Å². The number of halogens is 1. The number of aryl methyl sites for hydroxylation is 1. The number of carbonyl (C=O) groups is 1. The van der Waals surface area contributed by atoms with Crippen molar-refractivity contribution in [1.82, 2.24) is 10.3 Å². The quantitative estimate of drug-likeness (QED) is 0.720. The summed E-state index contributed by atoms with van der Waals surface area (Å²) in [5.74, 6) is -0.850. The second-order valence-corrected chi connectivity index (χ2v) is 6.46. The van der Waals surface area contributed by atoms with E-state index in [1.807, 2.05) is 56.4 Å². The molecule has 2 aromatic carbocycles. The smallest absolute Gasteiger partial charge is 0.307 e. The molecule has 3 aromatic rings. The number of nitrogens with zero attached hydrogens (tertiary/aromatic N) is 1. The third-order valence-electron chi connectivity index (χ3n) is 4.20. The molecule has 0 saturated carbocycles. The van der Waals surface area contributed by atoms with Crippen LogP contribution in [-0.2, 0) is 17.8 Å². The lowest BCUT2D eigenvalue weighted by Crippen LogP contribution is -2.08. The predicted octanol–water partition coefficient (Wildman–Crippen LogP) is 4.21. The van der Waals surface area contributed by atoms with Crippen LogP contribution >= 0.6 is 11.6 Å². The van der Waals surface area contributed by atoms with Crippen molar-refractivity contribution in [3.8, 4) is 11.1 Å². The van der Waals surface area contributed by atoms with Crippen LogP contribution in [0.3, 0.4) is 0 Å². The molecule has 0 aliphatic heterocycles. The highest BCUT2D eigenvalue weighted by molar-refractivity contribution is 6.30. The zero-order valence-electron chi connectivity index (χ0n) is 14.1. The number of aliphatic carboxylic acids is 1. The largest absolute Gasteiger partial charge is 0.481 e. The van der Waals surface area contributed by atoms with Gasteiger partial charge in [0.05, 0.1) is 17.6 Å². The van der Waals surface area contributed by atoms with E-state index in [1.165, 1.54) is 0 Å². The van der Waals surface area contributed by atoms with E-state index in [0.29, 0.717) is 11.6 Å². The van der Waals surface area contributed by atoms with Gasteiger partial charge in [-0.1, -0.05) is 29.8 Å². The molecule has 0 unspecified atom stereocenters. The minimum absolute atomic E-state index is 0.0298. The van der Waals surface area contributed by atoms with Gasteiger partial charge >= 0.3 is 5.97 Å². The summed E-state index contributed by atoms with van der Waals surface area (Å²) in [4.78, 5) is 16.1. The fraction of sp³-hybridized carbons (Fsp3) is 0.200. The zero-order chi connectivity index (χ0) is 18.0. The Morgan fingerprint density at radius 3 is 2.56 bits per heavy atom. The Kier molecular flexibility index (Phi) is 5.02. The van der Waals surface area contributed by atoms with Gasteiger partial charge in [0.15, 0.2) is 0 Å². The third kappa shape index (κ3) is 3.65. The summed E-state index contributed by atoms with van der Waals surface area (Å²) in [6, 6.07) is 13.4. The summed E-state index contributed by atoms with van der Waals surface area (Å²) < 4.78 is 0. The molecule has 0 amide bonds. The lowest BCUT2D eigenvalue weighted by atomic mass is 9.90. The molecular formula is C20H19ClN2O2. The predicted molar refractivity (Wildman–Crippen MR) is 101 cm³/mol. The minimum Gasteiger partial charge on any atom is -0.481 e. The highest BCUT2D eigenvalue weighted by Crippen LogP contribution is 2.35. The first-order valence-electron chi connectivity index (χ1n) is 8.04. The number of rotatable bonds is 5. The van der Waals surface area contributed by atoms with Crippen LogP contribution in [0.5, 0.6) is 0 Å². The molecule has 0 spiro atoms. The van der Waals surface area contributed by atoms with Crippen LogP contribution in [-0.4, -0.2) is 23.1 Å². The number of hydrogen-bond acceptors (Lipinski definition) is 3. The van der Waals surface area contributed by atoms with E-state index >= 15 is 0 Å². The van der Waals surface area contributed by atoms with Gasteiger partial charge in [-0.15, -0.1) is 0 Å². The van der Waals surface area contributed by atoms with Crippen molar-refractivity contribution in [2.45, 2.75) is 19.9 Å². The van der Waals surface area contributed by atoms with Crippen molar-refractivity contribution in [2.24, 2.45) is 0 Å². The summed E-state index contributed by atoms with van der Waals surface area (Å²) in [6.45, 7) is 2.62. The van der Waals surface area contributed by atoms with Crippen molar-refractivity contribution in [1.29, 1.82) is 0 Å². The van der Waals surface area contributed by atoms with Crippen LogP contribution in [0, 0.1) is 6.92 Å². The van der Waals surface area contributed by atoms with Gasteiger partial charge in [0, 0.05) is 17.0 Å². The third-order valence-corrected chi connectivity index (χ3v) is 4.45. The zero-order valence-corrected chi connectivity index (χ0v) is 14.9. The SMILES string of the molecule is CNCc1ccc2c(-c3ccc(Cl)cc3)c(CC(=O)O)c(C)cc2n1. The highest BCUT2D eigenvalue weighted by atomic mass is 35.5. The second kappa shape index (κ2) is 7.21. The molecule has 0 fully saturated rings. The molecule has 5 heteroatoms. The molecule has 0 aliphatic rings. The topological polar surface area (TPSA) is 62.2 Å². The Labute approximate surface area is 151 Å². The molecule has 0 atom stereocenters. The first-order valence-corrected chi connectivity index (χ1v) is 8.42. The van der Waals surface area contributed by atoms with Gasteiger partial charge in [-0.05, 0) is 60.5 Å². The second-order valence-electron chi connectivity index (χ2n) is 6.02. The molecule has 3 rings (SSSR count). The Balaban J connectivity index is 2.31. The summed E-state index contributed by atoms with van der Waals surface area (Å²) in [5, 5.41) is 14.0. The summed E-state index contributed by atoms with van der Waals surface area (Å²) >= 11 is 6.01. The average molecular weight is 355 g/mol. The van der Waals surface area contributed by atoms with Crippen LogP contribution in [0.25, 0.3) is 22.0 Å². The Bertz CT molecular complexity index is 937. The number of fused-ring (bicyclic) bond motifs is 1. The van der Waals surface area contributed by atoms with Crippen molar-refractivity contribution >= 4 is 28.5 Å². The maximum absolute atomic E-state index is 11.4. The number of hydrogen-bond donors (Lipinski definition) is 2. The molecule has 0 radical (unpaired) electrons. The Hall–Kier alpha value is -2.43. The van der Waals surface area contributed by atoms with Gasteiger partial charge < -0.3 is 10.4 Å². The summed E-state index contributed by atoms with van der Waals surface area (Å²) in [6.07, 6.45) is -0.0298. The van der Waals surface area contributed by atoms with Crippen LogP contribution in [0.2, 0.25) is 5.02 Å². The molecule has 0 aliphatic carbocycles. The lowest BCUT2D eigenvalue weighted by Gasteiger charge is -2.16. The molecular weight excluding hydrogens is 336 g/mol. The van der Waals surface area contributed by atoms with E-state index in [4.69, 9.17) is 16.6 Å². The maximum Gasteiger partial charge on any atom is 0.307 e. The van der Waals surface area contributed by atoms with Crippen molar-refractivity contribution in [3.63, 3.8) is 0 Å². The number of benzene rings is 2. The lowest BCUT2D eigenvalue weighted by molar-refractivity contribution is -0.136. The van der Waals surface area contributed by atoms with Crippen LogP contribution in [0.15, 0.2) is 42.5 Å². The van der Waals surface area contributed by atoms with Crippen molar-refractivity contribution in [3.05, 3.63) is 64.3 Å². The molecule has 4 nitrogen and oxygen atoms in total. The van der Waals surface area contributed by atoms with E-state index in [0.717, 1.165) is 38.9 Å². The van der Waals surface area contributed by atoms with Gasteiger partial charge in [-0.25, -0.2) is 0 Å². The average Bonchev–Trinajstić information content (AvgIpc) is 2.56. The minimum atomic E-state index is -0.850. The van der Waals surface area contributed by atoms with Gasteiger partial charge in [0.2, 0.25) is 0 Å². The Morgan fingerprint density at radius 2 is 1.92 bits per heavy atom.